The predicted octanol–water partition coefficient (Wildman–Crippen LogP) is 6.42. The van der Waals surface area contributed by atoms with Crippen LogP contribution in [0.25, 0.3) is 6.08 Å². The van der Waals surface area contributed by atoms with Gasteiger partial charge in [-0.2, -0.15) is 5.26 Å². The van der Waals surface area contributed by atoms with E-state index in [0.29, 0.717) is 45.0 Å². The first-order valence-electron chi connectivity index (χ1n) is 11.2. The Balaban J connectivity index is 1.51. The lowest BCUT2D eigenvalue weighted by atomic mass is 9.89. The molecule has 0 bridgehead atoms. The third-order valence-corrected chi connectivity index (χ3v) is 7.29. The van der Waals surface area contributed by atoms with Gasteiger partial charge in [0.1, 0.15) is 6.61 Å². The van der Waals surface area contributed by atoms with Crippen LogP contribution < -0.4 is 9.47 Å². The topological polar surface area (TPSA) is 79.6 Å². The number of methoxy groups -OCH3 is 1. The van der Waals surface area contributed by atoms with Crippen LogP contribution in [0.3, 0.4) is 0 Å². The molecule has 1 aliphatic carbocycles. The summed E-state index contributed by atoms with van der Waals surface area (Å²) in [5, 5.41) is 9.36. The Bertz CT molecular complexity index is 1170. The third kappa shape index (κ3) is 5.40. The molecule has 0 N–H and O–H groups in total. The Morgan fingerprint density at radius 1 is 1.21 bits per heavy atom. The Morgan fingerprint density at radius 3 is 2.71 bits per heavy atom. The van der Waals surface area contributed by atoms with Crippen molar-refractivity contribution in [2.45, 2.75) is 38.7 Å². The van der Waals surface area contributed by atoms with Crippen molar-refractivity contribution in [2.24, 2.45) is 5.92 Å². The van der Waals surface area contributed by atoms with E-state index in [1.54, 1.807) is 30.3 Å². The van der Waals surface area contributed by atoms with Gasteiger partial charge in [-0.1, -0.05) is 49.1 Å². The first-order chi connectivity index (χ1) is 16.5. The number of amides is 2. The van der Waals surface area contributed by atoms with Crippen molar-refractivity contribution < 1.29 is 19.1 Å². The van der Waals surface area contributed by atoms with Crippen LogP contribution in [0.1, 0.15) is 48.8 Å². The molecule has 176 valence electrons. The van der Waals surface area contributed by atoms with Crippen molar-refractivity contribution in [3.8, 4) is 17.6 Å². The second kappa shape index (κ2) is 11.0. The van der Waals surface area contributed by atoms with Crippen LogP contribution in [-0.2, 0) is 11.4 Å². The van der Waals surface area contributed by atoms with Gasteiger partial charge in [0.05, 0.1) is 28.7 Å². The lowest BCUT2D eigenvalue weighted by molar-refractivity contribution is -0.123. The number of hydrogen-bond acceptors (Lipinski definition) is 6. The van der Waals surface area contributed by atoms with Crippen LogP contribution in [0.4, 0.5) is 4.79 Å². The fraction of sp³-hybridized carbons (Fsp3) is 0.346. The molecule has 2 amide bonds. The zero-order valence-electron chi connectivity index (χ0n) is 18.9. The first kappa shape index (κ1) is 24.2. The number of thioether (sulfide) groups is 1. The van der Waals surface area contributed by atoms with Crippen LogP contribution in [0.15, 0.2) is 41.3 Å². The van der Waals surface area contributed by atoms with E-state index in [4.69, 9.17) is 21.1 Å². The molecule has 1 saturated carbocycles. The Hall–Kier alpha value is -2.95. The summed E-state index contributed by atoms with van der Waals surface area (Å²) in [6.45, 7) is 0.641. The summed E-state index contributed by atoms with van der Waals surface area (Å²) in [5.74, 6) is 0.872. The molecular formula is C26H25ClN2O4S. The molecule has 1 saturated heterocycles. The van der Waals surface area contributed by atoms with E-state index in [1.807, 2.05) is 12.1 Å². The highest BCUT2D eigenvalue weighted by Gasteiger charge is 2.36. The standard InChI is InChI=1S/C26H25ClN2O4S/c1-32-22-12-18(11-21(27)24(22)33-16-20-10-6-5-9-19(20)14-28)13-23-25(30)29(26(31)34-23)15-17-7-3-2-4-8-17/h5-6,9-13,17H,2-4,7-8,15-16H2,1H3/b23-13+. The van der Waals surface area contributed by atoms with E-state index in [-0.39, 0.29) is 17.8 Å². The monoisotopic (exact) mass is 496 g/mol. The SMILES string of the molecule is COc1cc(/C=C2/SC(=O)N(CC3CCCCC3)C2=O)cc(Cl)c1OCc1ccccc1C#N. The average molecular weight is 497 g/mol. The van der Waals surface area contributed by atoms with Gasteiger partial charge in [0.15, 0.2) is 11.5 Å². The summed E-state index contributed by atoms with van der Waals surface area (Å²) in [5.41, 5.74) is 1.90. The Labute approximate surface area is 208 Å². The summed E-state index contributed by atoms with van der Waals surface area (Å²) >= 11 is 7.45. The number of carbonyl (C=O) groups excluding carboxylic acids is 2. The summed E-state index contributed by atoms with van der Waals surface area (Å²) in [4.78, 5) is 27.2. The lowest BCUT2D eigenvalue weighted by Gasteiger charge is -2.25. The smallest absolute Gasteiger partial charge is 0.293 e. The molecule has 1 aliphatic heterocycles. The van der Waals surface area contributed by atoms with Gasteiger partial charge in [-0.05, 0) is 60.4 Å². The van der Waals surface area contributed by atoms with E-state index >= 15 is 0 Å². The van der Waals surface area contributed by atoms with Crippen LogP contribution >= 0.6 is 23.4 Å². The van der Waals surface area contributed by atoms with Gasteiger partial charge in [-0.25, -0.2) is 0 Å². The van der Waals surface area contributed by atoms with Gasteiger partial charge in [-0.3, -0.25) is 14.5 Å². The van der Waals surface area contributed by atoms with E-state index in [0.717, 1.165) is 43.0 Å². The van der Waals surface area contributed by atoms with Crippen LogP contribution in [0.2, 0.25) is 5.02 Å². The van der Waals surface area contributed by atoms with E-state index < -0.39 is 0 Å². The van der Waals surface area contributed by atoms with Crippen molar-refractivity contribution in [1.29, 1.82) is 5.26 Å². The highest BCUT2D eigenvalue weighted by atomic mass is 35.5. The van der Waals surface area contributed by atoms with Crippen molar-refractivity contribution in [3.05, 3.63) is 63.0 Å². The maximum atomic E-state index is 12.9. The molecule has 4 rings (SSSR count). The minimum absolute atomic E-state index is 0.152. The number of imide groups is 1. The Morgan fingerprint density at radius 2 is 1.97 bits per heavy atom. The zero-order chi connectivity index (χ0) is 24.1. The number of benzene rings is 2. The molecule has 8 heteroatoms. The number of hydrogen-bond donors (Lipinski definition) is 0. The van der Waals surface area contributed by atoms with Crippen molar-refractivity contribution >= 4 is 40.6 Å². The quantitative estimate of drug-likeness (QED) is 0.412. The fourth-order valence-corrected chi connectivity index (χ4v) is 5.43. The molecule has 2 aromatic carbocycles. The maximum absolute atomic E-state index is 12.9. The van der Waals surface area contributed by atoms with E-state index in [1.165, 1.54) is 18.4 Å². The van der Waals surface area contributed by atoms with Gasteiger partial charge in [-0.15, -0.1) is 0 Å². The largest absolute Gasteiger partial charge is 0.493 e. The number of nitrogens with zero attached hydrogens (tertiary/aromatic N) is 2. The molecule has 0 spiro atoms. The summed E-state index contributed by atoms with van der Waals surface area (Å²) < 4.78 is 11.4. The van der Waals surface area contributed by atoms with E-state index in [2.05, 4.69) is 6.07 Å². The summed E-state index contributed by atoms with van der Waals surface area (Å²) in [7, 11) is 1.50. The van der Waals surface area contributed by atoms with E-state index in [9.17, 15) is 14.9 Å². The molecule has 0 radical (unpaired) electrons. The highest BCUT2D eigenvalue weighted by Crippen LogP contribution is 2.40. The average Bonchev–Trinajstić information content (AvgIpc) is 3.11. The van der Waals surface area contributed by atoms with Gasteiger partial charge < -0.3 is 9.47 Å². The fourth-order valence-electron chi connectivity index (χ4n) is 4.31. The van der Waals surface area contributed by atoms with Gasteiger partial charge in [0, 0.05) is 12.1 Å². The van der Waals surface area contributed by atoms with Crippen molar-refractivity contribution in [1.82, 2.24) is 4.90 Å². The van der Waals surface area contributed by atoms with Crippen molar-refractivity contribution in [2.75, 3.05) is 13.7 Å². The van der Waals surface area contributed by atoms with Gasteiger partial charge in [0.2, 0.25) is 0 Å². The molecule has 2 fully saturated rings. The van der Waals surface area contributed by atoms with Crippen molar-refractivity contribution in [3.63, 3.8) is 0 Å². The highest BCUT2D eigenvalue weighted by molar-refractivity contribution is 8.18. The molecule has 0 atom stereocenters. The van der Waals surface area contributed by atoms with Gasteiger partial charge >= 0.3 is 0 Å². The second-order valence-electron chi connectivity index (χ2n) is 8.39. The number of ether oxygens (including phenoxy) is 2. The predicted molar refractivity (Wildman–Crippen MR) is 133 cm³/mol. The number of halogens is 1. The van der Waals surface area contributed by atoms with Gasteiger partial charge in [0.25, 0.3) is 11.1 Å². The molecule has 6 nitrogen and oxygen atoms in total. The second-order valence-corrected chi connectivity index (χ2v) is 9.79. The Kier molecular flexibility index (Phi) is 7.81. The number of nitriles is 1. The summed E-state index contributed by atoms with van der Waals surface area (Å²) in [6, 6.07) is 12.7. The minimum Gasteiger partial charge on any atom is -0.493 e. The molecule has 0 unspecified atom stereocenters. The third-order valence-electron chi connectivity index (χ3n) is 6.10. The van der Waals surface area contributed by atoms with Crippen LogP contribution in [0, 0.1) is 17.2 Å². The first-order valence-corrected chi connectivity index (χ1v) is 12.4. The number of rotatable bonds is 7. The normalized spacial score (nSPS) is 17.8. The molecule has 2 aromatic rings. The molecular weight excluding hydrogens is 472 g/mol. The lowest BCUT2D eigenvalue weighted by Crippen LogP contribution is -2.34. The molecule has 1 heterocycles. The molecule has 0 aromatic heterocycles. The van der Waals surface area contributed by atoms with Crippen LogP contribution in [0.5, 0.6) is 11.5 Å². The molecule has 34 heavy (non-hydrogen) atoms. The maximum Gasteiger partial charge on any atom is 0.293 e. The minimum atomic E-state index is -0.260. The zero-order valence-corrected chi connectivity index (χ0v) is 20.5. The number of carbonyl (C=O) groups is 2. The summed E-state index contributed by atoms with van der Waals surface area (Å²) in [6.07, 6.45) is 7.33. The van der Waals surface area contributed by atoms with Crippen LogP contribution in [-0.4, -0.2) is 29.7 Å². The molecule has 2 aliphatic rings.